The molecule has 2 aromatic rings. The Morgan fingerprint density at radius 3 is 1.73 bits per heavy atom. The first kappa shape index (κ1) is 16.3. The van der Waals surface area contributed by atoms with Crippen LogP contribution in [0, 0.1) is 11.6 Å². The normalized spacial score (nSPS) is 12.5. The Labute approximate surface area is 119 Å². The zero-order valence-corrected chi connectivity index (χ0v) is 10.5. The molecule has 0 saturated carbocycles. The summed E-state index contributed by atoms with van der Waals surface area (Å²) in [5.41, 5.74) is -4.66. The number of halogens is 8. The maximum atomic E-state index is 13.7. The molecule has 22 heavy (non-hydrogen) atoms. The molecule has 0 spiro atoms. The summed E-state index contributed by atoms with van der Waals surface area (Å²) < 4.78 is 103. The lowest BCUT2D eigenvalue weighted by Gasteiger charge is -2.15. The molecule has 2 aromatic carbocycles. The van der Waals surface area contributed by atoms with Crippen LogP contribution in [0.1, 0.15) is 11.1 Å². The molecular weight excluding hydrogens is 320 g/mol. The Hall–Kier alpha value is -2.12. The Bertz CT molecular complexity index is 697. The van der Waals surface area contributed by atoms with Crippen molar-refractivity contribution in [3.63, 3.8) is 0 Å². The van der Waals surface area contributed by atoms with Crippen molar-refractivity contribution < 1.29 is 35.1 Å². The van der Waals surface area contributed by atoms with Crippen LogP contribution in [0.5, 0.6) is 0 Å². The second-order valence-corrected chi connectivity index (χ2v) is 4.35. The van der Waals surface area contributed by atoms with Gasteiger partial charge in [0, 0.05) is 5.56 Å². The Morgan fingerprint density at radius 2 is 1.23 bits per heavy atom. The third-order valence-electron chi connectivity index (χ3n) is 2.88. The van der Waals surface area contributed by atoms with E-state index < -0.39 is 46.2 Å². The summed E-state index contributed by atoms with van der Waals surface area (Å²) in [5.74, 6) is -3.09. The van der Waals surface area contributed by atoms with Gasteiger partial charge in [-0.2, -0.15) is 26.3 Å². The highest BCUT2D eigenvalue weighted by Gasteiger charge is 2.37. The fraction of sp³-hybridized carbons (Fsp3) is 0.143. The van der Waals surface area contributed by atoms with E-state index in [9.17, 15) is 35.1 Å². The zero-order valence-electron chi connectivity index (χ0n) is 10.5. The minimum Gasteiger partial charge on any atom is -0.206 e. The van der Waals surface area contributed by atoms with Gasteiger partial charge in [-0.15, -0.1) is 0 Å². The van der Waals surface area contributed by atoms with Gasteiger partial charge in [0.2, 0.25) is 0 Å². The van der Waals surface area contributed by atoms with E-state index in [1.165, 1.54) is 0 Å². The van der Waals surface area contributed by atoms with Gasteiger partial charge in [-0.1, -0.05) is 12.1 Å². The summed E-state index contributed by atoms with van der Waals surface area (Å²) >= 11 is 0. The average Bonchev–Trinajstić information content (AvgIpc) is 2.35. The summed E-state index contributed by atoms with van der Waals surface area (Å²) in [4.78, 5) is 0. The molecule has 0 nitrogen and oxygen atoms in total. The largest absolute Gasteiger partial charge is 0.419 e. The van der Waals surface area contributed by atoms with E-state index in [4.69, 9.17) is 0 Å². The molecule has 0 unspecified atom stereocenters. The van der Waals surface area contributed by atoms with E-state index in [2.05, 4.69) is 0 Å². The van der Waals surface area contributed by atoms with Crippen molar-refractivity contribution in [3.8, 4) is 11.1 Å². The maximum Gasteiger partial charge on any atom is 0.419 e. The average molecular weight is 326 g/mol. The second kappa shape index (κ2) is 5.26. The van der Waals surface area contributed by atoms with Gasteiger partial charge in [0.15, 0.2) is 0 Å². The molecule has 0 amide bonds. The number of alkyl halides is 6. The lowest BCUT2D eigenvalue weighted by atomic mass is 9.97. The van der Waals surface area contributed by atoms with Crippen molar-refractivity contribution in [2.75, 3.05) is 0 Å². The van der Waals surface area contributed by atoms with E-state index in [1.54, 1.807) is 0 Å². The fourth-order valence-electron chi connectivity index (χ4n) is 1.95. The molecule has 0 aromatic heterocycles. The van der Waals surface area contributed by atoms with E-state index in [0.717, 1.165) is 6.07 Å². The summed E-state index contributed by atoms with van der Waals surface area (Å²) in [7, 11) is 0. The molecule has 0 aliphatic rings. The van der Waals surface area contributed by atoms with Gasteiger partial charge in [0.25, 0.3) is 0 Å². The maximum absolute atomic E-state index is 13.7. The molecule has 2 rings (SSSR count). The first-order valence-corrected chi connectivity index (χ1v) is 5.74. The molecule has 0 radical (unpaired) electrons. The molecule has 0 aliphatic carbocycles. The minimum absolute atomic E-state index is 0.233. The highest BCUT2D eigenvalue weighted by molar-refractivity contribution is 5.69. The lowest BCUT2D eigenvalue weighted by Crippen LogP contribution is -2.10. The third kappa shape index (κ3) is 3.05. The van der Waals surface area contributed by atoms with Crippen LogP contribution in [0.4, 0.5) is 35.1 Å². The van der Waals surface area contributed by atoms with Crippen molar-refractivity contribution in [3.05, 3.63) is 59.2 Å². The number of hydrogen-bond donors (Lipinski definition) is 0. The van der Waals surface area contributed by atoms with Gasteiger partial charge in [-0.25, -0.2) is 8.78 Å². The van der Waals surface area contributed by atoms with Gasteiger partial charge in [-0.05, 0) is 29.8 Å². The standard InChI is InChI=1S/C14H6F8/c15-10-3-1-2-9(14(20,21)22)12(10)7-4-5-8(11(16)6-7)13(17,18)19/h1-6H. The molecule has 8 heteroatoms. The highest BCUT2D eigenvalue weighted by atomic mass is 19.4. The summed E-state index contributed by atoms with van der Waals surface area (Å²) in [6.07, 6.45) is -9.93. The molecular formula is C14H6F8. The number of benzene rings is 2. The van der Waals surface area contributed by atoms with Crippen LogP contribution in [0.3, 0.4) is 0 Å². The lowest BCUT2D eigenvalue weighted by molar-refractivity contribution is -0.140. The van der Waals surface area contributed by atoms with Crippen molar-refractivity contribution in [1.82, 2.24) is 0 Å². The minimum atomic E-state index is -5.00. The molecule has 0 N–H and O–H groups in total. The fourth-order valence-corrected chi connectivity index (χ4v) is 1.95. The predicted molar refractivity (Wildman–Crippen MR) is 61.8 cm³/mol. The zero-order chi connectivity index (χ0) is 16.7. The topological polar surface area (TPSA) is 0 Å². The number of hydrogen-bond acceptors (Lipinski definition) is 0. The van der Waals surface area contributed by atoms with Gasteiger partial charge in [0.05, 0.1) is 11.1 Å². The van der Waals surface area contributed by atoms with Gasteiger partial charge in [-0.3, -0.25) is 0 Å². The second-order valence-electron chi connectivity index (χ2n) is 4.35. The Kier molecular flexibility index (Phi) is 3.88. The van der Waals surface area contributed by atoms with Gasteiger partial charge >= 0.3 is 12.4 Å². The van der Waals surface area contributed by atoms with Crippen molar-refractivity contribution in [2.45, 2.75) is 12.4 Å². The third-order valence-corrected chi connectivity index (χ3v) is 2.88. The summed E-state index contributed by atoms with van der Waals surface area (Å²) in [6, 6.07) is 3.18. The van der Waals surface area contributed by atoms with Crippen LogP contribution in [0.2, 0.25) is 0 Å². The molecule has 0 heterocycles. The van der Waals surface area contributed by atoms with Crippen LogP contribution in [0.15, 0.2) is 36.4 Å². The van der Waals surface area contributed by atoms with E-state index in [1.807, 2.05) is 0 Å². The molecule has 118 valence electrons. The van der Waals surface area contributed by atoms with Crippen LogP contribution < -0.4 is 0 Å². The van der Waals surface area contributed by atoms with Crippen LogP contribution in [0.25, 0.3) is 11.1 Å². The quantitative estimate of drug-likeness (QED) is 0.592. The van der Waals surface area contributed by atoms with E-state index in [0.29, 0.717) is 18.2 Å². The Morgan fingerprint density at radius 1 is 0.636 bits per heavy atom. The SMILES string of the molecule is Fc1cc(-c2c(F)cccc2C(F)(F)F)ccc1C(F)(F)F. The molecule has 0 fully saturated rings. The Balaban J connectivity index is 2.66. The van der Waals surface area contributed by atoms with Gasteiger partial charge in [0.1, 0.15) is 11.6 Å². The van der Waals surface area contributed by atoms with Crippen molar-refractivity contribution in [2.24, 2.45) is 0 Å². The molecule has 0 atom stereocenters. The van der Waals surface area contributed by atoms with Crippen LogP contribution >= 0.6 is 0 Å². The van der Waals surface area contributed by atoms with E-state index >= 15 is 0 Å². The monoisotopic (exact) mass is 326 g/mol. The first-order chi connectivity index (χ1) is 10.0. The molecule has 0 aliphatic heterocycles. The number of rotatable bonds is 1. The summed E-state index contributed by atoms with van der Waals surface area (Å²) in [6.45, 7) is 0. The highest BCUT2D eigenvalue weighted by Crippen LogP contribution is 2.40. The van der Waals surface area contributed by atoms with Crippen molar-refractivity contribution >= 4 is 0 Å². The van der Waals surface area contributed by atoms with Crippen LogP contribution in [-0.4, -0.2) is 0 Å². The predicted octanol–water partition coefficient (Wildman–Crippen LogP) is 5.67. The van der Waals surface area contributed by atoms with Crippen LogP contribution in [-0.2, 0) is 12.4 Å². The van der Waals surface area contributed by atoms with Crippen molar-refractivity contribution in [1.29, 1.82) is 0 Å². The summed E-state index contributed by atoms with van der Waals surface area (Å²) in [5, 5.41) is 0. The molecule has 0 bridgehead atoms. The first-order valence-electron chi connectivity index (χ1n) is 5.74. The smallest absolute Gasteiger partial charge is 0.206 e. The van der Waals surface area contributed by atoms with Gasteiger partial charge < -0.3 is 0 Å². The van der Waals surface area contributed by atoms with E-state index in [-0.39, 0.29) is 12.1 Å². The molecule has 0 saturated heterocycles.